The lowest BCUT2D eigenvalue weighted by molar-refractivity contribution is 0.174. The molecule has 0 amide bonds. The first-order valence-electron chi connectivity index (χ1n) is 7.26. The minimum Gasteiger partial charge on any atom is -0.454 e. The van der Waals surface area contributed by atoms with E-state index in [1.165, 1.54) is 0 Å². The SMILES string of the molecule is COCc1[nH]nc2c1[C@@H](c1ccc3c(c1)OCO3)C(C#N)=C(N)O2. The number of H-pyrrole nitrogens is 1. The number of hydrogen-bond acceptors (Lipinski definition) is 7. The van der Waals surface area contributed by atoms with E-state index in [-0.39, 0.29) is 12.7 Å². The topological polar surface area (TPSA) is 115 Å². The molecule has 2 aromatic rings. The second-order valence-electron chi connectivity index (χ2n) is 5.39. The molecule has 0 saturated carbocycles. The summed E-state index contributed by atoms with van der Waals surface area (Å²) in [5.74, 6) is 1.28. The van der Waals surface area contributed by atoms with Gasteiger partial charge in [0.05, 0.1) is 23.8 Å². The molecule has 122 valence electrons. The number of benzene rings is 1. The Labute approximate surface area is 137 Å². The largest absolute Gasteiger partial charge is 0.454 e. The van der Waals surface area contributed by atoms with Crippen molar-refractivity contribution in [2.75, 3.05) is 13.9 Å². The van der Waals surface area contributed by atoms with Crippen LogP contribution in [0.4, 0.5) is 0 Å². The highest BCUT2D eigenvalue weighted by atomic mass is 16.7. The molecule has 0 unspecified atom stereocenters. The zero-order valence-electron chi connectivity index (χ0n) is 12.8. The molecule has 24 heavy (non-hydrogen) atoms. The minimum absolute atomic E-state index is 0.0446. The molecule has 8 nitrogen and oxygen atoms in total. The number of hydrogen-bond donors (Lipinski definition) is 2. The number of methoxy groups -OCH3 is 1. The van der Waals surface area contributed by atoms with Gasteiger partial charge in [0.25, 0.3) is 0 Å². The summed E-state index contributed by atoms with van der Waals surface area (Å²) in [4.78, 5) is 0. The minimum atomic E-state index is -0.419. The maximum atomic E-state index is 9.58. The number of nitriles is 1. The van der Waals surface area contributed by atoms with E-state index in [1.54, 1.807) is 7.11 Å². The van der Waals surface area contributed by atoms with Crippen LogP contribution in [0.25, 0.3) is 0 Å². The summed E-state index contributed by atoms with van der Waals surface area (Å²) in [6.45, 7) is 0.493. The maximum absolute atomic E-state index is 9.58. The lowest BCUT2D eigenvalue weighted by Crippen LogP contribution is -2.21. The number of nitrogens with two attached hydrogens (primary N) is 1. The summed E-state index contributed by atoms with van der Waals surface area (Å²) in [7, 11) is 1.59. The number of nitrogens with zero attached hydrogens (tertiary/aromatic N) is 2. The van der Waals surface area contributed by atoms with E-state index in [1.807, 2.05) is 18.2 Å². The summed E-state index contributed by atoms with van der Waals surface area (Å²) in [6, 6.07) is 7.68. The van der Waals surface area contributed by atoms with Gasteiger partial charge >= 0.3 is 0 Å². The highest BCUT2D eigenvalue weighted by Crippen LogP contribution is 2.45. The maximum Gasteiger partial charge on any atom is 0.244 e. The fraction of sp³-hybridized carbons (Fsp3) is 0.250. The number of aromatic amines is 1. The molecule has 0 bridgehead atoms. The van der Waals surface area contributed by atoms with Crippen molar-refractivity contribution in [3.63, 3.8) is 0 Å². The molecule has 3 N–H and O–H groups in total. The number of aromatic nitrogens is 2. The van der Waals surface area contributed by atoms with Gasteiger partial charge in [0.15, 0.2) is 11.5 Å². The number of rotatable bonds is 3. The van der Waals surface area contributed by atoms with Crippen molar-refractivity contribution >= 4 is 0 Å². The third-order valence-corrected chi connectivity index (χ3v) is 4.04. The third-order valence-electron chi connectivity index (χ3n) is 4.04. The van der Waals surface area contributed by atoms with Crippen molar-refractivity contribution in [2.24, 2.45) is 5.73 Å². The molecule has 1 aromatic carbocycles. The Morgan fingerprint density at radius 3 is 3.04 bits per heavy atom. The number of allylic oxidation sites excluding steroid dienone is 1. The zero-order valence-corrected chi connectivity index (χ0v) is 12.8. The van der Waals surface area contributed by atoms with Gasteiger partial charge < -0.3 is 24.7 Å². The van der Waals surface area contributed by atoms with Gasteiger partial charge in [-0.05, 0) is 17.7 Å². The molecule has 0 fully saturated rings. The Morgan fingerprint density at radius 1 is 1.42 bits per heavy atom. The molecule has 2 aliphatic rings. The quantitative estimate of drug-likeness (QED) is 0.878. The van der Waals surface area contributed by atoms with Gasteiger partial charge in [0.2, 0.25) is 18.6 Å². The van der Waals surface area contributed by atoms with Gasteiger partial charge in [-0.1, -0.05) is 6.07 Å². The first kappa shape index (κ1) is 14.4. The summed E-state index contributed by atoms with van der Waals surface area (Å²) >= 11 is 0. The van der Waals surface area contributed by atoms with Gasteiger partial charge in [-0.25, -0.2) is 0 Å². The molecule has 1 aromatic heterocycles. The van der Waals surface area contributed by atoms with Crippen molar-refractivity contribution in [3.8, 4) is 23.4 Å². The van der Waals surface area contributed by atoms with Gasteiger partial charge in [-0.3, -0.25) is 5.10 Å². The standard InChI is InChI=1S/C16H14N4O4/c1-21-6-10-14-13(8-2-3-11-12(4-8)23-7-22-11)9(5-17)15(18)24-16(14)20-19-10/h2-4,13H,6-7,18H2,1H3,(H,19,20)/t13-/m0/s1. The van der Waals surface area contributed by atoms with E-state index < -0.39 is 5.92 Å². The second kappa shape index (κ2) is 5.47. The van der Waals surface area contributed by atoms with Crippen LogP contribution in [0.15, 0.2) is 29.7 Å². The lowest BCUT2D eigenvalue weighted by Gasteiger charge is -2.24. The van der Waals surface area contributed by atoms with Crippen molar-refractivity contribution < 1.29 is 18.9 Å². The second-order valence-corrected chi connectivity index (χ2v) is 5.39. The Kier molecular flexibility index (Phi) is 3.29. The predicted molar refractivity (Wildman–Crippen MR) is 81.2 cm³/mol. The first-order valence-corrected chi connectivity index (χ1v) is 7.26. The lowest BCUT2D eigenvalue weighted by atomic mass is 9.84. The molecule has 2 aliphatic heterocycles. The summed E-state index contributed by atoms with van der Waals surface area (Å²) in [6.07, 6.45) is 0. The van der Waals surface area contributed by atoms with Crippen LogP contribution < -0.4 is 19.9 Å². The van der Waals surface area contributed by atoms with Crippen LogP contribution in [0.5, 0.6) is 17.4 Å². The van der Waals surface area contributed by atoms with Crippen molar-refractivity contribution in [3.05, 3.63) is 46.5 Å². The number of fused-ring (bicyclic) bond motifs is 2. The van der Waals surface area contributed by atoms with Crippen LogP contribution in [-0.2, 0) is 11.3 Å². The van der Waals surface area contributed by atoms with Gasteiger partial charge in [0, 0.05) is 7.11 Å². The van der Waals surface area contributed by atoms with Crippen LogP contribution in [0.1, 0.15) is 22.7 Å². The Bertz CT molecular complexity index is 881. The Hall–Kier alpha value is -3.18. The van der Waals surface area contributed by atoms with Crippen molar-refractivity contribution in [1.29, 1.82) is 5.26 Å². The average Bonchev–Trinajstić information content (AvgIpc) is 3.20. The zero-order chi connectivity index (χ0) is 16.7. The van der Waals surface area contributed by atoms with Gasteiger partial charge in [0.1, 0.15) is 11.6 Å². The normalized spacial score (nSPS) is 18.1. The van der Waals surface area contributed by atoms with Crippen LogP contribution in [0.2, 0.25) is 0 Å². The Morgan fingerprint density at radius 2 is 2.25 bits per heavy atom. The molecule has 8 heteroatoms. The highest BCUT2D eigenvalue weighted by Gasteiger charge is 2.35. The van der Waals surface area contributed by atoms with Crippen molar-refractivity contribution in [2.45, 2.75) is 12.5 Å². The molecule has 0 radical (unpaired) electrons. The van der Waals surface area contributed by atoms with Gasteiger partial charge in [-0.2, -0.15) is 5.26 Å². The van der Waals surface area contributed by atoms with Crippen LogP contribution in [0, 0.1) is 11.3 Å². The molecule has 4 rings (SSSR count). The molecule has 0 saturated heterocycles. The van der Waals surface area contributed by atoms with Gasteiger partial charge in [-0.15, -0.1) is 5.10 Å². The van der Waals surface area contributed by atoms with E-state index in [9.17, 15) is 5.26 Å². The summed E-state index contributed by atoms with van der Waals surface area (Å²) in [5.41, 5.74) is 8.55. The van der Waals surface area contributed by atoms with Crippen LogP contribution in [-0.4, -0.2) is 24.1 Å². The highest BCUT2D eigenvalue weighted by molar-refractivity contribution is 5.57. The number of nitrogens with one attached hydrogen (secondary N) is 1. The molecular formula is C16H14N4O4. The van der Waals surface area contributed by atoms with E-state index in [0.29, 0.717) is 29.6 Å². The summed E-state index contributed by atoms with van der Waals surface area (Å²) in [5, 5.41) is 16.6. The fourth-order valence-electron chi connectivity index (χ4n) is 2.99. The molecule has 0 spiro atoms. The van der Waals surface area contributed by atoms with E-state index in [4.69, 9.17) is 24.7 Å². The molecule has 3 heterocycles. The van der Waals surface area contributed by atoms with Crippen LogP contribution in [0.3, 0.4) is 0 Å². The molecule has 0 aliphatic carbocycles. The molecular weight excluding hydrogens is 312 g/mol. The first-order chi connectivity index (χ1) is 11.7. The van der Waals surface area contributed by atoms with E-state index in [0.717, 1.165) is 16.8 Å². The summed E-state index contributed by atoms with van der Waals surface area (Å²) < 4.78 is 21.5. The van der Waals surface area contributed by atoms with E-state index in [2.05, 4.69) is 16.3 Å². The third kappa shape index (κ3) is 2.06. The number of ether oxygens (including phenoxy) is 4. The monoisotopic (exact) mass is 326 g/mol. The fourth-order valence-corrected chi connectivity index (χ4v) is 2.99. The average molecular weight is 326 g/mol. The van der Waals surface area contributed by atoms with Crippen molar-refractivity contribution in [1.82, 2.24) is 10.2 Å². The van der Waals surface area contributed by atoms with Crippen LogP contribution >= 0.6 is 0 Å². The molecule has 1 atom stereocenters. The smallest absolute Gasteiger partial charge is 0.244 e. The Balaban J connectivity index is 1.89. The van der Waals surface area contributed by atoms with E-state index >= 15 is 0 Å². The predicted octanol–water partition coefficient (Wildman–Crippen LogP) is 1.50.